The average Bonchev–Trinajstić information content (AvgIpc) is 2.32. The predicted octanol–water partition coefficient (Wildman–Crippen LogP) is 3.06. The van der Waals surface area contributed by atoms with Gasteiger partial charge in [0, 0.05) is 25.7 Å². The molecule has 21 heavy (non-hydrogen) atoms. The van der Waals surface area contributed by atoms with Gasteiger partial charge in [-0.05, 0) is 51.8 Å². The summed E-state index contributed by atoms with van der Waals surface area (Å²) in [6, 6.07) is 2.71. The van der Waals surface area contributed by atoms with E-state index < -0.39 is 17.7 Å². The van der Waals surface area contributed by atoms with Gasteiger partial charge in [-0.1, -0.05) is 0 Å². The Morgan fingerprint density at radius 3 is 2.19 bits per heavy atom. The summed E-state index contributed by atoms with van der Waals surface area (Å²) in [5.74, 6) is -1.15. The first-order valence-electron chi connectivity index (χ1n) is 7.22. The standard InChI is InChI=1S/C16H26F2N2O/c1-11(21)6-7-20(5)15-13(17)8-12(9-14(15)18)10-19-16(2,3)4/h8-9,11,19,21H,6-7,10H2,1-5H3. The number of halogens is 2. The molecular formula is C16H26F2N2O. The van der Waals surface area contributed by atoms with Crippen molar-refractivity contribution in [2.75, 3.05) is 18.5 Å². The van der Waals surface area contributed by atoms with Crippen molar-refractivity contribution in [3.8, 4) is 0 Å². The van der Waals surface area contributed by atoms with Crippen LogP contribution in [-0.4, -0.2) is 30.3 Å². The number of nitrogens with zero attached hydrogens (tertiary/aromatic N) is 1. The van der Waals surface area contributed by atoms with Gasteiger partial charge >= 0.3 is 0 Å². The van der Waals surface area contributed by atoms with Crippen LogP contribution in [0.5, 0.6) is 0 Å². The van der Waals surface area contributed by atoms with Crippen LogP contribution in [0.1, 0.15) is 39.7 Å². The summed E-state index contributed by atoms with van der Waals surface area (Å²) < 4.78 is 28.3. The first-order valence-corrected chi connectivity index (χ1v) is 7.22. The van der Waals surface area contributed by atoms with Crippen molar-refractivity contribution in [1.29, 1.82) is 0 Å². The van der Waals surface area contributed by atoms with Crippen molar-refractivity contribution in [2.45, 2.75) is 52.3 Å². The first-order chi connectivity index (χ1) is 9.60. The molecule has 3 nitrogen and oxygen atoms in total. The van der Waals surface area contributed by atoms with Gasteiger partial charge in [0.1, 0.15) is 17.3 Å². The molecule has 1 aromatic carbocycles. The Labute approximate surface area is 126 Å². The van der Waals surface area contributed by atoms with Crippen LogP contribution in [0.2, 0.25) is 0 Å². The fourth-order valence-electron chi connectivity index (χ4n) is 1.94. The third-order valence-electron chi connectivity index (χ3n) is 3.16. The van der Waals surface area contributed by atoms with E-state index >= 15 is 0 Å². The predicted molar refractivity (Wildman–Crippen MR) is 82.5 cm³/mol. The topological polar surface area (TPSA) is 35.5 Å². The van der Waals surface area contributed by atoms with E-state index in [4.69, 9.17) is 0 Å². The molecule has 0 radical (unpaired) electrons. The Bertz CT molecular complexity index is 447. The molecule has 0 spiro atoms. The Balaban J connectivity index is 2.84. The molecular weight excluding hydrogens is 274 g/mol. The fraction of sp³-hybridized carbons (Fsp3) is 0.625. The molecule has 2 N–H and O–H groups in total. The van der Waals surface area contributed by atoms with Gasteiger partial charge in [-0.2, -0.15) is 0 Å². The van der Waals surface area contributed by atoms with Crippen LogP contribution in [0.25, 0.3) is 0 Å². The number of hydrogen-bond donors (Lipinski definition) is 2. The zero-order valence-corrected chi connectivity index (χ0v) is 13.5. The third-order valence-corrected chi connectivity index (χ3v) is 3.16. The molecule has 0 amide bonds. The van der Waals surface area contributed by atoms with Crippen LogP contribution >= 0.6 is 0 Å². The SMILES string of the molecule is CC(O)CCN(C)c1c(F)cc(CNC(C)(C)C)cc1F. The van der Waals surface area contributed by atoms with Crippen LogP contribution in [0.4, 0.5) is 14.5 Å². The van der Waals surface area contributed by atoms with Gasteiger partial charge in [-0.25, -0.2) is 8.78 Å². The van der Waals surface area contributed by atoms with Gasteiger partial charge in [0.25, 0.3) is 0 Å². The molecule has 0 saturated heterocycles. The fourth-order valence-corrected chi connectivity index (χ4v) is 1.94. The van der Waals surface area contributed by atoms with Crippen molar-refractivity contribution in [3.63, 3.8) is 0 Å². The summed E-state index contributed by atoms with van der Waals surface area (Å²) >= 11 is 0. The number of aliphatic hydroxyl groups is 1. The lowest BCUT2D eigenvalue weighted by molar-refractivity contribution is 0.186. The molecule has 1 atom stereocenters. The second-order valence-corrected chi connectivity index (χ2v) is 6.57. The normalized spacial score (nSPS) is 13.3. The van der Waals surface area contributed by atoms with Gasteiger partial charge in [0.05, 0.1) is 6.10 Å². The smallest absolute Gasteiger partial charge is 0.149 e. The maximum atomic E-state index is 14.1. The lowest BCUT2D eigenvalue weighted by atomic mass is 10.1. The molecule has 0 fully saturated rings. The second kappa shape index (κ2) is 7.18. The monoisotopic (exact) mass is 300 g/mol. The third kappa shape index (κ3) is 5.98. The van der Waals surface area contributed by atoms with E-state index in [9.17, 15) is 13.9 Å². The van der Waals surface area contributed by atoms with E-state index in [2.05, 4.69) is 5.32 Å². The summed E-state index contributed by atoms with van der Waals surface area (Å²) in [4.78, 5) is 1.50. The Morgan fingerprint density at radius 2 is 1.76 bits per heavy atom. The molecule has 0 aromatic heterocycles. The number of aliphatic hydroxyl groups excluding tert-OH is 1. The highest BCUT2D eigenvalue weighted by atomic mass is 19.1. The molecule has 0 aliphatic rings. The van der Waals surface area contributed by atoms with Crippen LogP contribution in [0, 0.1) is 11.6 Å². The molecule has 5 heteroatoms. The lowest BCUT2D eigenvalue weighted by Crippen LogP contribution is -2.35. The number of anilines is 1. The van der Waals surface area contributed by atoms with Gasteiger partial charge in [-0.3, -0.25) is 0 Å². The summed E-state index contributed by atoms with van der Waals surface area (Å²) in [5.41, 5.74) is 0.419. The van der Waals surface area contributed by atoms with Crippen LogP contribution in [-0.2, 0) is 6.54 Å². The molecule has 0 heterocycles. The average molecular weight is 300 g/mol. The Kier molecular flexibility index (Phi) is 6.10. The van der Waals surface area contributed by atoms with Gasteiger partial charge < -0.3 is 15.3 Å². The lowest BCUT2D eigenvalue weighted by Gasteiger charge is -2.23. The molecule has 1 rings (SSSR count). The first kappa shape index (κ1) is 17.9. The van der Waals surface area contributed by atoms with Gasteiger partial charge in [0.2, 0.25) is 0 Å². The number of rotatable bonds is 6. The van der Waals surface area contributed by atoms with E-state index in [1.165, 1.54) is 17.0 Å². The maximum Gasteiger partial charge on any atom is 0.149 e. The Morgan fingerprint density at radius 1 is 1.24 bits per heavy atom. The van der Waals surface area contributed by atoms with Gasteiger partial charge in [-0.15, -0.1) is 0 Å². The minimum absolute atomic E-state index is 0.0461. The summed E-state index contributed by atoms with van der Waals surface area (Å²) in [5, 5.41) is 12.5. The molecule has 0 saturated carbocycles. The molecule has 1 unspecified atom stereocenters. The summed E-state index contributed by atoms with van der Waals surface area (Å²) in [6.07, 6.45) is -0.0308. The summed E-state index contributed by atoms with van der Waals surface area (Å²) in [7, 11) is 1.62. The van der Waals surface area contributed by atoms with Crippen molar-refractivity contribution < 1.29 is 13.9 Å². The van der Waals surface area contributed by atoms with Crippen molar-refractivity contribution in [2.24, 2.45) is 0 Å². The van der Waals surface area contributed by atoms with E-state index in [1.54, 1.807) is 14.0 Å². The highest BCUT2D eigenvalue weighted by Gasteiger charge is 2.17. The van der Waals surface area contributed by atoms with Crippen molar-refractivity contribution in [3.05, 3.63) is 29.3 Å². The zero-order valence-electron chi connectivity index (χ0n) is 13.5. The van der Waals surface area contributed by atoms with Gasteiger partial charge in [0.15, 0.2) is 0 Å². The maximum absolute atomic E-state index is 14.1. The van der Waals surface area contributed by atoms with Crippen LogP contribution < -0.4 is 10.2 Å². The summed E-state index contributed by atoms with van der Waals surface area (Å²) in [6.45, 7) is 8.45. The number of nitrogens with one attached hydrogen (secondary N) is 1. The van der Waals surface area contributed by atoms with Crippen LogP contribution in [0.3, 0.4) is 0 Å². The molecule has 1 aromatic rings. The highest BCUT2D eigenvalue weighted by molar-refractivity contribution is 5.50. The highest BCUT2D eigenvalue weighted by Crippen LogP contribution is 2.24. The van der Waals surface area contributed by atoms with E-state index in [-0.39, 0.29) is 11.2 Å². The van der Waals surface area contributed by atoms with Crippen molar-refractivity contribution in [1.82, 2.24) is 5.32 Å². The second-order valence-electron chi connectivity index (χ2n) is 6.57. The van der Waals surface area contributed by atoms with Crippen LogP contribution in [0.15, 0.2) is 12.1 Å². The largest absolute Gasteiger partial charge is 0.393 e. The van der Waals surface area contributed by atoms with E-state index in [0.29, 0.717) is 25.1 Å². The zero-order chi connectivity index (χ0) is 16.2. The number of benzene rings is 1. The molecule has 0 aliphatic heterocycles. The van der Waals surface area contributed by atoms with Crippen molar-refractivity contribution >= 4 is 5.69 Å². The molecule has 120 valence electrons. The van der Waals surface area contributed by atoms with E-state index in [1.807, 2.05) is 20.8 Å². The minimum atomic E-state index is -0.575. The minimum Gasteiger partial charge on any atom is -0.393 e. The quantitative estimate of drug-likeness (QED) is 0.847. The molecule has 0 bridgehead atoms. The Hall–Kier alpha value is -1.20. The molecule has 0 aliphatic carbocycles. The van der Waals surface area contributed by atoms with E-state index in [0.717, 1.165) is 0 Å². The number of hydrogen-bond acceptors (Lipinski definition) is 3.